The molecule has 1 aromatic carbocycles. The molecule has 0 aromatic heterocycles. The van der Waals surface area contributed by atoms with Gasteiger partial charge in [0.2, 0.25) is 0 Å². The average Bonchev–Trinajstić information content (AvgIpc) is 2.39. The molecule has 0 aliphatic heterocycles. The molecule has 0 saturated heterocycles. The van der Waals surface area contributed by atoms with Crippen LogP contribution in [0.15, 0.2) is 18.2 Å². The lowest BCUT2D eigenvalue weighted by atomic mass is 10.1. The first-order valence-corrected chi connectivity index (χ1v) is 6.75. The van der Waals surface area contributed by atoms with Crippen molar-refractivity contribution in [3.8, 4) is 5.75 Å². The van der Waals surface area contributed by atoms with Crippen LogP contribution in [0.1, 0.15) is 17.3 Å². The molecule has 4 nitrogen and oxygen atoms in total. The minimum Gasteiger partial charge on any atom is -0.465 e. The van der Waals surface area contributed by atoms with E-state index in [-0.39, 0.29) is 22.9 Å². The van der Waals surface area contributed by atoms with Crippen LogP contribution < -0.4 is 4.74 Å². The molecule has 0 aliphatic rings. The van der Waals surface area contributed by atoms with E-state index < -0.39 is 23.2 Å². The van der Waals surface area contributed by atoms with Crippen molar-refractivity contribution in [2.75, 3.05) is 6.61 Å². The maximum Gasteiger partial charge on any atom is 0.387 e. The van der Waals surface area contributed by atoms with Gasteiger partial charge in [-0.05, 0) is 25.1 Å². The second-order valence-corrected chi connectivity index (χ2v) is 4.82. The van der Waals surface area contributed by atoms with Gasteiger partial charge in [0, 0.05) is 5.56 Å². The van der Waals surface area contributed by atoms with E-state index in [0.29, 0.717) is 0 Å². The number of ketones is 1. The predicted molar refractivity (Wildman–Crippen MR) is 71.8 cm³/mol. The average molecular weight is 372 g/mol. The molecule has 0 spiro atoms. The summed E-state index contributed by atoms with van der Waals surface area (Å²) in [6, 6.07) is 3.47. The number of ether oxygens (including phenoxy) is 2. The van der Waals surface area contributed by atoms with Crippen molar-refractivity contribution >= 4 is 39.3 Å². The molecule has 110 valence electrons. The number of halogens is 4. The van der Waals surface area contributed by atoms with Crippen LogP contribution >= 0.6 is 27.5 Å². The highest BCUT2D eigenvalue weighted by Crippen LogP contribution is 2.26. The predicted octanol–water partition coefficient (Wildman–Crippen LogP) is 3.45. The zero-order chi connectivity index (χ0) is 15.3. The first kappa shape index (κ1) is 16.8. The molecule has 1 aromatic rings. The Labute approximate surface area is 127 Å². The van der Waals surface area contributed by atoms with E-state index in [1.165, 1.54) is 12.1 Å². The van der Waals surface area contributed by atoms with Gasteiger partial charge in [-0.15, -0.1) is 0 Å². The largest absolute Gasteiger partial charge is 0.465 e. The normalized spacial score (nSPS) is 12.1. The molecule has 0 heterocycles. The van der Waals surface area contributed by atoms with E-state index in [1.807, 2.05) is 0 Å². The number of hydrogen-bond donors (Lipinski definition) is 0. The van der Waals surface area contributed by atoms with Gasteiger partial charge in [-0.1, -0.05) is 27.5 Å². The van der Waals surface area contributed by atoms with Gasteiger partial charge in [0.1, 0.15) is 5.75 Å². The summed E-state index contributed by atoms with van der Waals surface area (Å²) in [5.41, 5.74) is -0.111. The van der Waals surface area contributed by atoms with Gasteiger partial charge < -0.3 is 9.47 Å². The third-order valence-electron chi connectivity index (χ3n) is 2.15. The lowest BCUT2D eigenvalue weighted by Crippen LogP contribution is -2.26. The molecule has 8 heteroatoms. The Morgan fingerprint density at radius 3 is 2.60 bits per heavy atom. The number of hydrogen-bond acceptors (Lipinski definition) is 4. The van der Waals surface area contributed by atoms with Crippen LogP contribution in [0.5, 0.6) is 5.75 Å². The van der Waals surface area contributed by atoms with E-state index in [9.17, 15) is 18.4 Å². The maximum atomic E-state index is 12.1. The number of alkyl halides is 3. The van der Waals surface area contributed by atoms with Gasteiger partial charge in [-0.2, -0.15) is 8.78 Å². The first-order valence-electron chi connectivity index (χ1n) is 5.46. The molecule has 1 unspecified atom stereocenters. The lowest BCUT2D eigenvalue weighted by Gasteiger charge is -2.11. The summed E-state index contributed by atoms with van der Waals surface area (Å²) in [5.74, 6) is -1.71. The van der Waals surface area contributed by atoms with Crippen molar-refractivity contribution in [1.82, 2.24) is 0 Å². The Hall–Kier alpha value is -1.21. The molecule has 0 bridgehead atoms. The summed E-state index contributed by atoms with van der Waals surface area (Å²) >= 11 is 8.70. The summed E-state index contributed by atoms with van der Waals surface area (Å²) in [6.45, 7) is -1.33. The van der Waals surface area contributed by atoms with E-state index in [1.54, 1.807) is 6.92 Å². The molecule has 0 fully saturated rings. The molecule has 1 atom stereocenters. The number of carbonyl (C=O) groups excluding carboxylic acids is 2. The second kappa shape index (κ2) is 7.54. The van der Waals surface area contributed by atoms with Gasteiger partial charge in [-0.3, -0.25) is 9.59 Å². The van der Waals surface area contributed by atoms with Gasteiger partial charge in [0.25, 0.3) is 0 Å². The van der Waals surface area contributed by atoms with Crippen LogP contribution in [0.4, 0.5) is 8.78 Å². The Morgan fingerprint density at radius 2 is 2.05 bits per heavy atom. The lowest BCUT2D eigenvalue weighted by molar-refractivity contribution is -0.141. The zero-order valence-corrected chi connectivity index (χ0v) is 12.6. The molecule has 0 radical (unpaired) electrons. The number of carbonyl (C=O) groups is 2. The standard InChI is InChI=1S/C12H10BrClF2O4/c1-2-19-11(18)9(13)10(17)7-5-6(20-12(15)16)3-4-8(7)14/h3-5,9,12H,2H2,1H3. The smallest absolute Gasteiger partial charge is 0.387 e. The van der Waals surface area contributed by atoms with E-state index in [4.69, 9.17) is 11.6 Å². The SMILES string of the molecule is CCOC(=O)C(Br)C(=O)c1cc(OC(F)F)ccc1Cl. The van der Waals surface area contributed by atoms with Crippen molar-refractivity contribution < 1.29 is 27.8 Å². The van der Waals surface area contributed by atoms with Crippen molar-refractivity contribution in [2.24, 2.45) is 0 Å². The van der Waals surface area contributed by atoms with Crippen molar-refractivity contribution in [2.45, 2.75) is 18.4 Å². The molecule has 20 heavy (non-hydrogen) atoms. The number of rotatable bonds is 6. The zero-order valence-electron chi connectivity index (χ0n) is 10.2. The quantitative estimate of drug-likeness (QED) is 0.333. The molecule has 0 aliphatic carbocycles. The summed E-state index contributed by atoms with van der Waals surface area (Å²) in [5, 5.41) is 0.0189. The van der Waals surface area contributed by atoms with Crippen LogP contribution in [0.2, 0.25) is 5.02 Å². The minimum absolute atomic E-state index is 0.0189. The van der Waals surface area contributed by atoms with Crippen LogP contribution in [0.3, 0.4) is 0 Å². The Bertz CT molecular complexity index is 510. The maximum absolute atomic E-state index is 12.1. The Balaban J connectivity index is 2.99. The molecule has 0 saturated carbocycles. The summed E-state index contributed by atoms with van der Waals surface area (Å²) in [6.07, 6.45) is 0. The monoisotopic (exact) mass is 370 g/mol. The Morgan fingerprint density at radius 1 is 1.40 bits per heavy atom. The molecular formula is C12H10BrClF2O4. The summed E-state index contributed by atoms with van der Waals surface area (Å²) < 4.78 is 33.1. The van der Waals surface area contributed by atoms with Crippen LogP contribution in [-0.4, -0.2) is 29.8 Å². The van der Waals surface area contributed by atoms with Gasteiger partial charge in [0.15, 0.2) is 10.6 Å². The van der Waals surface area contributed by atoms with E-state index in [0.717, 1.165) is 6.07 Å². The number of esters is 1. The van der Waals surface area contributed by atoms with Gasteiger partial charge >= 0.3 is 12.6 Å². The topological polar surface area (TPSA) is 52.6 Å². The summed E-state index contributed by atoms with van der Waals surface area (Å²) in [7, 11) is 0. The highest BCUT2D eigenvalue weighted by molar-refractivity contribution is 9.10. The van der Waals surface area contributed by atoms with Crippen molar-refractivity contribution in [3.63, 3.8) is 0 Å². The molecular weight excluding hydrogens is 361 g/mol. The first-order chi connectivity index (χ1) is 9.36. The van der Waals surface area contributed by atoms with Crippen molar-refractivity contribution in [3.05, 3.63) is 28.8 Å². The van der Waals surface area contributed by atoms with Crippen LogP contribution in [0, 0.1) is 0 Å². The van der Waals surface area contributed by atoms with Crippen LogP contribution in [-0.2, 0) is 9.53 Å². The highest BCUT2D eigenvalue weighted by atomic mass is 79.9. The fourth-order valence-corrected chi connectivity index (χ4v) is 1.92. The van der Waals surface area contributed by atoms with Crippen molar-refractivity contribution in [1.29, 1.82) is 0 Å². The number of Topliss-reactive ketones (excluding diaryl/α,β-unsaturated/α-hetero) is 1. The van der Waals surface area contributed by atoms with Crippen LogP contribution in [0.25, 0.3) is 0 Å². The Kier molecular flexibility index (Phi) is 6.35. The highest BCUT2D eigenvalue weighted by Gasteiger charge is 2.28. The fourth-order valence-electron chi connectivity index (χ4n) is 1.33. The fraction of sp³-hybridized carbons (Fsp3) is 0.333. The molecule has 0 amide bonds. The summed E-state index contributed by atoms with van der Waals surface area (Å²) in [4.78, 5) is 22.2. The molecule has 0 N–H and O–H groups in total. The number of benzene rings is 1. The van der Waals surface area contributed by atoms with Gasteiger partial charge in [-0.25, -0.2) is 0 Å². The minimum atomic E-state index is -3.02. The third kappa shape index (κ3) is 4.42. The third-order valence-corrected chi connectivity index (χ3v) is 3.27. The van der Waals surface area contributed by atoms with Gasteiger partial charge in [0.05, 0.1) is 11.6 Å². The molecule has 1 rings (SSSR count). The second-order valence-electron chi connectivity index (χ2n) is 3.50. The van der Waals surface area contributed by atoms with E-state index in [2.05, 4.69) is 25.4 Å². The van der Waals surface area contributed by atoms with E-state index >= 15 is 0 Å².